The number of imidazole rings is 1. The van der Waals surface area contributed by atoms with Crippen LogP contribution in [0.1, 0.15) is 37.2 Å². The van der Waals surface area contributed by atoms with Crippen LogP contribution in [0.4, 0.5) is 5.82 Å². The van der Waals surface area contributed by atoms with E-state index in [-0.39, 0.29) is 11.8 Å². The summed E-state index contributed by atoms with van der Waals surface area (Å²) in [7, 11) is 0. The standard InChI is InChI=1S/C18H25N5O/c1-3-23(4-2)17-8-5-13(10-19-17)11-20-18(24)14-6-7-15-16(9-14)22-12-21-15/h5,8,10,12,14H,3-4,6-7,9,11H2,1-2H3,(H,20,24)(H,21,22)/t14-/m0/s1. The van der Waals surface area contributed by atoms with Gasteiger partial charge in [0.05, 0.1) is 12.0 Å². The smallest absolute Gasteiger partial charge is 0.223 e. The third-order valence-corrected chi connectivity index (χ3v) is 4.72. The fraction of sp³-hybridized carbons (Fsp3) is 0.500. The van der Waals surface area contributed by atoms with Crippen LogP contribution in [0.25, 0.3) is 0 Å². The van der Waals surface area contributed by atoms with Crippen molar-refractivity contribution in [2.75, 3.05) is 18.0 Å². The van der Waals surface area contributed by atoms with Crippen molar-refractivity contribution in [2.24, 2.45) is 5.92 Å². The molecular weight excluding hydrogens is 302 g/mol. The average molecular weight is 327 g/mol. The van der Waals surface area contributed by atoms with Gasteiger partial charge < -0.3 is 15.2 Å². The number of fused-ring (bicyclic) bond motifs is 1. The van der Waals surface area contributed by atoms with Crippen LogP contribution in [0, 0.1) is 5.92 Å². The lowest BCUT2D eigenvalue weighted by Crippen LogP contribution is -2.33. The summed E-state index contributed by atoms with van der Waals surface area (Å²) in [4.78, 5) is 26.5. The second kappa shape index (κ2) is 7.47. The molecule has 0 radical (unpaired) electrons. The molecule has 6 nitrogen and oxygen atoms in total. The molecule has 0 aliphatic heterocycles. The van der Waals surface area contributed by atoms with Crippen LogP contribution in [0.2, 0.25) is 0 Å². The Morgan fingerprint density at radius 1 is 1.33 bits per heavy atom. The number of rotatable bonds is 6. The zero-order chi connectivity index (χ0) is 16.9. The Morgan fingerprint density at radius 3 is 2.88 bits per heavy atom. The maximum atomic E-state index is 12.4. The van der Waals surface area contributed by atoms with Crippen LogP contribution in [0.15, 0.2) is 24.7 Å². The summed E-state index contributed by atoms with van der Waals surface area (Å²) in [6.45, 7) is 6.65. The molecule has 0 saturated heterocycles. The number of aromatic amines is 1. The zero-order valence-electron chi connectivity index (χ0n) is 14.4. The maximum absolute atomic E-state index is 12.4. The van der Waals surface area contributed by atoms with Crippen molar-refractivity contribution in [3.05, 3.63) is 41.6 Å². The van der Waals surface area contributed by atoms with Crippen molar-refractivity contribution >= 4 is 11.7 Å². The number of carbonyl (C=O) groups is 1. The first-order valence-corrected chi connectivity index (χ1v) is 8.70. The highest BCUT2D eigenvalue weighted by Gasteiger charge is 2.25. The van der Waals surface area contributed by atoms with E-state index in [9.17, 15) is 4.79 Å². The van der Waals surface area contributed by atoms with Gasteiger partial charge in [-0.2, -0.15) is 0 Å². The van der Waals surface area contributed by atoms with Crippen molar-refractivity contribution < 1.29 is 4.79 Å². The van der Waals surface area contributed by atoms with Gasteiger partial charge in [0.25, 0.3) is 0 Å². The molecular formula is C18H25N5O. The van der Waals surface area contributed by atoms with E-state index in [1.165, 1.54) is 0 Å². The summed E-state index contributed by atoms with van der Waals surface area (Å²) in [6.07, 6.45) is 6.05. The molecule has 1 aliphatic carbocycles. The molecule has 1 amide bonds. The predicted octanol–water partition coefficient (Wildman–Crippen LogP) is 2.07. The van der Waals surface area contributed by atoms with Gasteiger partial charge in [0.15, 0.2) is 0 Å². The lowest BCUT2D eigenvalue weighted by molar-refractivity contribution is -0.125. The molecule has 2 aromatic rings. The predicted molar refractivity (Wildman–Crippen MR) is 93.7 cm³/mol. The van der Waals surface area contributed by atoms with Crippen LogP contribution >= 0.6 is 0 Å². The molecule has 1 aliphatic rings. The molecule has 2 aromatic heterocycles. The van der Waals surface area contributed by atoms with E-state index >= 15 is 0 Å². The van der Waals surface area contributed by atoms with E-state index in [2.05, 4.69) is 39.0 Å². The zero-order valence-corrected chi connectivity index (χ0v) is 14.4. The van der Waals surface area contributed by atoms with Gasteiger partial charge in [-0.15, -0.1) is 0 Å². The summed E-state index contributed by atoms with van der Waals surface area (Å²) in [5, 5.41) is 3.04. The monoisotopic (exact) mass is 327 g/mol. The van der Waals surface area contributed by atoms with Gasteiger partial charge in [0.1, 0.15) is 5.82 Å². The Bertz CT molecular complexity index is 675. The minimum Gasteiger partial charge on any atom is -0.357 e. The number of pyridine rings is 1. The quantitative estimate of drug-likeness (QED) is 0.852. The average Bonchev–Trinajstić information content (AvgIpc) is 3.09. The molecule has 128 valence electrons. The van der Waals surface area contributed by atoms with Crippen LogP contribution < -0.4 is 10.2 Å². The second-order valence-electron chi connectivity index (χ2n) is 6.18. The number of carbonyl (C=O) groups excluding carboxylic acids is 1. The summed E-state index contributed by atoms with van der Waals surface area (Å²) in [6, 6.07) is 4.06. The molecule has 1 atom stereocenters. The van der Waals surface area contributed by atoms with E-state index in [0.717, 1.165) is 55.1 Å². The van der Waals surface area contributed by atoms with Gasteiger partial charge in [-0.05, 0) is 38.3 Å². The van der Waals surface area contributed by atoms with Crippen LogP contribution in [-0.2, 0) is 24.2 Å². The minimum atomic E-state index is 0.0286. The van der Waals surface area contributed by atoms with Gasteiger partial charge in [-0.3, -0.25) is 4.79 Å². The molecule has 0 unspecified atom stereocenters. The normalized spacial score (nSPS) is 16.5. The Labute approximate surface area is 142 Å². The fourth-order valence-electron chi connectivity index (χ4n) is 3.21. The number of anilines is 1. The topological polar surface area (TPSA) is 73.9 Å². The summed E-state index contributed by atoms with van der Waals surface area (Å²) in [5.41, 5.74) is 3.24. The summed E-state index contributed by atoms with van der Waals surface area (Å²) >= 11 is 0. The molecule has 2 heterocycles. The van der Waals surface area contributed by atoms with Crippen molar-refractivity contribution in [3.8, 4) is 0 Å². The number of amides is 1. The number of aryl methyl sites for hydroxylation is 1. The van der Waals surface area contributed by atoms with Gasteiger partial charge in [0, 0.05) is 43.9 Å². The Hall–Kier alpha value is -2.37. The third kappa shape index (κ3) is 3.58. The van der Waals surface area contributed by atoms with E-state index in [0.29, 0.717) is 6.54 Å². The first-order valence-electron chi connectivity index (χ1n) is 8.70. The van der Waals surface area contributed by atoms with E-state index < -0.39 is 0 Å². The minimum absolute atomic E-state index is 0.0286. The first-order chi connectivity index (χ1) is 11.7. The van der Waals surface area contributed by atoms with Crippen molar-refractivity contribution in [3.63, 3.8) is 0 Å². The molecule has 24 heavy (non-hydrogen) atoms. The van der Waals surface area contributed by atoms with Crippen LogP contribution in [-0.4, -0.2) is 33.9 Å². The Balaban J connectivity index is 1.53. The second-order valence-corrected chi connectivity index (χ2v) is 6.18. The molecule has 2 N–H and O–H groups in total. The van der Waals surface area contributed by atoms with Crippen molar-refractivity contribution in [2.45, 2.75) is 39.7 Å². The summed E-state index contributed by atoms with van der Waals surface area (Å²) < 4.78 is 0. The maximum Gasteiger partial charge on any atom is 0.223 e. The molecule has 0 spiro atoms. The van der Waals surface area contributed by atoms with Crippen molar-refractivity contribution in [1.29, 1.82) is 0 Å². The largest absolute Gasteiger partial charge is 0.357 e. The van der Waals surface area contributed by atoms with E-state index in [1.54, 1.807) is 6.33 Å². The lowest BCUT2D eigenvalue weighted by atomic mass is 9.89. The van der Waals surface area contributed by atoms with Gasteiger partial charge in [0.2, 0.25) is 5.91 Å². The number of aromatic nitrogens is 3. The van der Waals surface area contributed by atoms with Crippen molar-refractivity contribution in [1.82, 2.24) is 20.3 Å². The van der Waals surface area contributed by atoms with Crippen LogP contribution in [0.3, 0.4) is 0 Å². The van der Waals surface area contributed by atoms with E-state index in [1.807, 2.05) is 18.3 Å². The van der Waals surface area contributed by atoms with Crippen LogP contribution in [0.5, 0.6) is 0 Å². The molecule has 0 fully saturated rings. The molecule has 0 aromatic carbocycles. The lowest BCUT2D eigenvalue weighted by Gasteiger charge is -2.21. The third-order valence-electron chi connectivity index (χ3n) is 4.72. The highest BCUT2D eigenvalue weighted by molar-refractivity contribution is 5.79. The van der Waals surface area contributed by atoms with Gasteiger partial charge in [-0.25, -0.2) is 9.97 Å². The Morgan fingerprint density at radius 2 is 2.17 bits per heavy atom. The molecule has 0 saturated carbocycles. The SMILES string of the molecule is CCN(CC)c1ccc(CNC(=O)[C@H]2CCc3nc[nH]c3C2)cn1. The van der Waals surface area contributed by atoms with Gasteiger partial charge >= 0.3 is 0 Å². The Kier molecular flexibility index (Phi) is 5.13. The fourth-order valence-corrected chi connectivity index (χ4v) is 3.21. The number of H-pyrrole nitrogens is 1. The first kappa shape index (κ1) is 16.5. The number of nitrogens with zero attached hydrogens (tertiary/aromatic N) is 3. The molecule has 6 heteroatoms. The molecule has 0 bridgehead atoms. The van der Waals surface area contributed by atoms with E-state index in [4.69, 9.17) is 0 Å². The number of hydrogen-bond acceptors (Lipinski definition) is 4. The summed E-state index contributed by atoms with van der Waals surface area (Å²) in [5.74, 6) is 1.12. The molecule has 3 rings (SSSR count). The van der Waals surface area contributed by atoms with Gasteiger partial charge in [-0.1, -0.05) is 6.07 Å². The highest BCUT2D eigenvalue weighted by Crippen LogP contribution is 2.23. The number of hydrogen-bond donors (Lipinski definition) is 2. The number of nitrogens with one attached hydrogen (secondary N) is 2. The highest BCUT2D eigenvalue weighted by atomic mass is 16.1.